The first-order chi connectivity index (χ1) is 8.58. The Balaban J connectivity index is 2.39. The molecule has 0 saturated carbocycles. The Morgan fingerprint density at radius 2 is 2.17 bits per heavy atom. The van der Waals surface area contributed by atoms with E-state index in [1.54, 1.807) is 0 Å². The van der Waals surface area contributed by atoms with Crippen molar-refractivity contribution < 1.29 is 0 Å². The number of allylic oxidation sites excluding steroid dienone is 1. The van der Waals surface area contributed by atoms with Crippen LogP contribution in [0.15, 0.2) is 41.3 Å². The third-order valence-corrected chi connectivity index (χ3v) is 3.57. The molecule has 0 heterocycles. The second kappa shape index (κ2) is 8.39. The van der Waals surface area contributed by atoms with Gasteiger partial charge in [0.15, 0.2) is 0 Å². The van der Waals surface area contributed by atoms with E-state index in [1.165, 1.54) is 16.0 Å². The van der Waals surface area contributed by atoms with Crippen LogP contribution >= 0.6 is 11.8 Å². The Morgan fingerprint density at radius 1 is 1.39 bits per heavy atom. The zero-order valence-corrected chi connectivity index (χ0v) is 12.6. The van der Waals surface area contributed by atoms with Crippen LogP contribution in [0, 0.1) is 5.92 Å². The van der Waals surface area contributed by atoms with Crippen molar-refractivity contribution >= 4 is 11.8 Å². The number of benzene rings is 1. The molecule has 18 heavy (non-hydrogen) atoms. The Kier molecular flexibility index (Phi) is 7.14. The highest BCUT2D eigenvalue weighted by Crippen LogP contribution is 2.21. The molecule has 0 aliphatic rings. The van der Waals surface area contributed by atoms with E-state index >= 15 is 0 Å². The van der Waals surface area contributed by atoms with Gasteiger partial charge in [-0.1, -0.05) is 31.6 Å². The molecule has 0 bridgehead atoms. The minimum Gasteiger partial charge on any atom is -0.312 e. The highest BCUT2D eigenvalue weighted by Gasteiger charge is 1.98. The number of nitrogens with one attached hydrogen (secondary N) is 1. The summed E-state index contributed by atoms with van der Waals surface area (Å²) in [4.78, 5) is 1.36. The molecule has 0 saturated heterocycles. The summed E-state index contributed by atoms with van der Waals surface area (Å²) >= 11 is 1.91. The van der Waals surface area contributed by atoms with E-state index in [1.807, 2.05) is 11.8 Å². The van der Waals surface area contributed by atoms with Gasteiger partial charge in [0.05, 0.1) is 0 Å². The lowest BCUT2D eigenvalue weighted by Crippen LogP contribution is -2.18. The maximum Gasteiger partial charge on any atom is 0.0206 e. The van der Waals surface area contributed by atoms with Crippen molar-refractivity contribution in [1.29, 1.82) is 0 Å². The van der Waals surface area contributed by atoms with Crippen molar-refractivity contribution in [3.63, 3.8) is 0 Å². The molecule has 0 radical (unpaired) electrons. The second-order valence-corrected chi connectivity index (χ2v) is 6.40. The van der Waals surface area contributed by atoms with Crippen LogP contribution in [0.3, 0.4) is 0 Å². The molecule has 0 aromatic heterocycles. The lowest BCUT2D eigenvalue weighted by Gasteiger charge is -2.08. The maximum absolute atomic E-state index is 3.94. The molecule has 0 unspecified atom stereocenters. The van der Waals surface area contributed by atoms with Crippen LogP contribution in [0.4, 0.5) is 0 Å². The van der Waals surface area contributed by atoms with Crippen LogP contribution in [0.25, 0.3) is 0 Å². The smallest absolute Gasteiger partial charge is 0.0206 e. The minimum atomic E-state index is 0.707. The minimum absolute atomic E-state index is 0.707. The van der Waals surface area contributed by atoms with Gasteiger partial charge in [-0.2, -0.15) is 0 Å². The molecule has 1 aromatic carbocycles. The maximum atomic E-state index is 3.94. The van der Waals surface area contributed by atoms with Gasteiger partial charge in [0.2, 0.25) is 0 Å². The van der Waals surface area contributed by atoms with Crippen molar-refractivity contribution in [2.75, 3.05) is 12.3 Å². The summed E-state index contributed by atoms with van der Waals surface area (Å²) in [6.45, 7) is 12.5. The monoisotopic (exact) mass is 263 g/mol. The molecule has 0 spiro atoms. The Labute approximate surface area is 116 Å². The summed E-state index contributed by atoms with van der Waals surface area (Å²) in [6, 6.07) is 8.82. The van der Waals surface area contributed by atoms with Crippen LogP contribution in [0.1, 0.15) is 32.8 Å². The van der Waals surface area contributed by atoms with Crippen molar-refractivity contribution in [3.8, 4) is 0 Å². The SMILES string of the molecule is C=C(C)CCSc1cccc(CNCC(C)C)c1. The molecule has 0 atom stereocenters. The lowest BCUT2D eigenvalue weighted by molar-refractivity contribution is 0.552. The average Bonchev–Trinajstić information content (AvgIpc) is 2.28. The van der Waals surface area contributed by atoms with E-state index in [2.05, 4.69) is 56.9 Å². The van der Waals surface area contributed by atoms with Gasteiger partial charge in [-0.05, 0) is 43.5 Å². The third-order valence-electron chi connectivity index (χ3n) is 2.58. The first kappa shape index (κ1) is 15.3. The highest BCUT2D eigenvalue weighted by atomic mass is 32.2. The zero-order chi connectivity index (χ0) is 13.4. The zero-order valence-electron chi connectivity index (χ0n) is 11.8. The molecule has 0 amide bonds. The van der Waals surface area contributed by atoms with E-state index in [9.17, 15) is 0 Å². The van der Waals surface area contributed by atoms with Gasteiger partial charge in [0.25, 0.3) is 0 Å². The molecule has 1 nitrogen and oxygen atoms in total. The predicted octanol–water partition coefficient (Wildman–Crippen LogP) is 4.49. The van der Waals surface area contributed by atoms with E-state index in [0.717, 1.165) is 25.3 Å². The Morgan fingerprint density at radius 3 is 2.83 bits per heavy atom. The molecule has 0 aliphatic heterocycles. The highest BCUT2D eigenvalue weighted by molar-refractivity contribution is 7.99. The molecule has 1 N–H and O–H groups in total. The summed E-state index contributed by atoms with van der Waals surface area (Å²) in [5, 5.41) is 3.48. The Hall–Kier alpha value is -0.730. The first-order valence-electron chi connectivity index (χ1n) is 6.64. The van der Waals surface area contributed by atoms with Gasteiger partial charge in [-0.15, -0.1) is 18.3 Å². The molecule has 0 fully saturated rings. The second-order valence-electron chi connectivity index (χ2n) is 5.23. The summed E-state index contributed by atoms with van der Waals surface area (Å²) in [5.41, 5.74) is 2.63. The number of thioether (sulfide) groups is 1. The van der Waals surface area contributed by atoms with Crippen LogP contribution in [0.2, 0.25) is 0 Å². The van der Waals surface area contributed by atoms with Crippen LogP contribution < -0.4 is 5.32 Å². The molecular weight excluding hydrogens is 238 g/mol. The van der Waals surface area contributed by atoms with Gasteiger partial charge in [-0.25, -0.2) is 0 Å². The van der Waals surface area contributed by atoms with Gasteiger partial charge in [-0.3, -0.25) is 0 Å². The van der Waals surface area contributed by atoms with Gasteiger partial charge in [0, 0.05) is 17.2 Å². The number of rotatable bonds is 8. The fraction of sp³-hybridized carbons (Fsp3) is 0.500. The lowest BCUT2D eigenvalue weighted by atomic mass is 10.2. The summed E-state index contributed by atoms with van der Waals surface area (Å²) in [5.74, 6) is 1.83. The largest absolute Gasteiger partial charge is 0.312 e. The van der Waals surface area contributed by atoms with Crippen molar-refractivity contribution in [2.24, 2.45) is 5.92 Å². The topological polar surface area (TPSA) is 12.0 Å². The van der Waals surface area contributed by atoms with Crippen molar-refractivity contribution in [2.45, 2.75) is 38.6 Å². The average molecular weight is 263 g/mol. The normalized spacial score (nSPS) is 10.9. The van der Waals surface area contributed by atoms with Crippen LogP contribution in [-0.2, 0) is 6.54 Å². The summed E-state index contributed by atoms with van der Waals surface area (Å²) < 4.78 is 0. The molecule has 1 rings (SSSR count). The van der Waals surface area contributed by atoms with Gasteiger partial charge >= 0.3 is 0 Å². The van der Waals surface area contributed by atoms with E-state index in [-0.39, 0.29) is 0 Å². The molecule has 2 heteroatoms. The van der Waals surface area contributed by atoms with Gasteiger partial charge < -0.3 is 5.32 Å². The standard InChI is InChI=1S/C16H25NS/c1-13(2)8-9-18-16-7-5-6-15(10-16)12-17-11-14(3)4/h5-7,10,14,17H,1,8-9,11-12H2,2-4H3. The van der Waals surface area contributed by atoms with E-state index < -0.39 is 0 Å². The number of hydrogen-bond acceptors (Lipinski definition) is 2. The Bertz CT molecular complexity index is 371. The van der Waals surface area contributed by atoms with Crippen molar-refractivity contribution in [3.05, 3.63) is 42.0 Å². The van der Waals surface area contributed by atoms with Gasteiger partial charge in [0.1, 0.15) is 0 Å². The van der Waals surface area contributed by atoms with E-state index in [0.29, 0.717) is 5.92 Å². The number of hydrogen-bond donors (Lipinski definition) is 1. The molecule has 0 aliphatic carbocycles. The van der Waals surface area contributed by atoms with Crippen molar-refractivity contribution in [1.82, 2.24) is 5.32 Å². The summed E-state index contributed by atoms with van der Waals surface area (Å²) in [7, 11) is 0. The molecular formula is C16H25NS. The molecule has 1 aromatic rings. The van der Waals surface area contributed by atoms with Crippen LogP contribution in [-0.4, -0.2) is 12.3 Å². The molecule has 100 valence electrons. The van der Waals surface area contributed by atoms with Crippen LogP contribution in [0.5, 0.6) is 0 Å². The van der Waals surface area contributed by atoms with E-state index in [4.69, 9.17) is 0 Å². The predicted molar refractivity (Wildman–Crippen MR) is 83.1 cm³/mol. The first-order valence-corrected chi connectivity index (χ1v) is 7.63. The fourth-order valence-corrected chi connectivity index (χ4v) is 2.69. The third kappa shape index (κ3) is 6.87. The fourth-order valence-electron chi connectivity index (χ4n) is 1.59. The summed E-state index contributed by atoms with van der Waals surface area (Å²) in [6.07, 6.45) is 1.10. The quantitative estimate of drug-likeness (QED) is 0.548.